The summed E-state index contributed by atoms with van der Waals surface area (Å²) in [6, 6.07) is 0.372. The minimum atomic E-state index is 0.372. The first-order valence-electron chi connectivity index (χ1n) is 7.60. The number of guanidine groups is 1. The Morgan fingerprint density at radius 1 is 1.50 bits per heavy atom. The predicted molar refractivity (Wildman–Crippen MR) is 80.7 cm³/mol. The largest absolute Gasteiger partial charge is 0.356 e. The molecule has 20 heavy (non-hydrogen) atoms. The van der Waals surface area contributed by atoms with Crippen molar-refractivity contribution in [2.45, 2.75) is 52.1 Å². The molecule has 0 saturated carbocycles. The third-order valence-electron chi connectivity index (χ3n) is 4.08. The van der Waals surface area contributed by atoms with Crippen molar-refractivity contribution >= 4 is 5.96 Å². The van der Waals surface area contributed by atoms with Gasteiger partial charge >= 0.3 is 0 Å². The van der Waals surface area contributed by atoms with Crippen LogP contribution >= 0.6 is 0 Å². The molecule has 1 atom stereocenters. The lowest BCUT2D eigenvalue weighted by atomic mass is 10.0. The van der Waals surface area contributed by atoms with Gasteiger partial charge in [0.05, 0.1) is 6.54 Å². The number of aryl methyl sites for hydroxylation is 1. The average Bonchev–Trinajstić information content (AvgIpc) is 2.94. The molecule has 112 valence electrons. The Kier molecular flexibility index (Phi) is 5.38. The van der Waals surface area contributed by atoms with E-state index < -0.39 is 0 Å². The molecule has 1 aliphatic rings. The second-order valence-corrected chi connectivity index (χ2v) is 5.37. The molecule has 0 saturated heterocycles. The fraction of sp³-hybridized carbons (Fsp3) is 0.786. The second-order valence-electron chi connectivity index (χ2n) is 5.37. The van der Waals surface area contributed by atoms with Crippen LogP contribution in [-0.4, -0.2) is 40.4 Å². The van der Waals surface area contributed by atoms with E-state index in [0.29, 0.717) is 12.0 Å². The molecule has 0 radical (unpaired) electrons. The Morgan fingerprint density at radius 2 is 2.30 bits per heavy atom. The van der Waals surface area contributed by atoms with Crippen LogP contribution in [0.1, 0.15) is 38.9 Å². The SMILES string of the molecule is CCC(CC)CNC(=NC)NC1CCc2ncnn2C1. The van der Waals surface area contributed by atoms with E-state index in [1.165, 1.54) is 12.8 Å². The number of aliphatic imine (C=N–C) groups is 1. The van der Waals surface area contributed by atoms with Crippen LogP contribution in [0.15, 0.2) is 11.3 Å². The van der Waals surface area contributed by atoms with E-state index in [4.69, 9.17) is 0 Å². The second kappa shape index (κ2) is 7.26. The molecule has 2 N–H and O–H groups in total. The van der Waals surface area contributed by atoms with E-state index in [-0.39, 0.29) is 0 Å². The molecule has 1 aliphatic heterocycles. The number of aromatic nitrogens is 3. The third kappa shape index (κ3) is 3.71. The summed E-state index contributed by atoms with van der Waals surface area (Å²) in [5.74, 6) is 2.69. The van der Waals surface area contributed by atoms with Crippen molar-refractivity contribution in [1.82, 2.24) is 25.4 Å². The van der Waals surface area contributed by atoms with Gasteiger partial charge in [-0.05, 0) is 12.3 Å². The monoisotopic (exact) mass is 278 g/mol. The molecule has 0 amide bonds. The normalized spacial score (nSPS) is 19.0. The molecule has 0 aliphatic carbocycles. The highest BCUT2D eigenvalue weighted by Crippen LogP contribution is 2.11. The van der Waals surface area contributed by atoms with Gasteiger partial charge < -0.3 is 10.6 Å². The molecule has 2 rings (SSSR count). The van der Waals surface area contributed by atoms with E-state index in [0.717, 1.165) is 37.7 Å². The van der Waals surface area contributed by atoms with Crippen LogP contribution in [0.3, 0.4) is 0 Å². The smallest absolute Gasteiger partial charge is 0.191 e. The van der Waals surface area contributed by atoms with Crippen LogP contribution in [0.4, 0.5) is 0 Å². The van der Waals surface area contributed by atoms with Crippen molar-refractivity contribution in [3.8, 4) is 0 Å². The summed E-state index contributed by atoms with van der Waals surface area (Å²) >= 11 is 0. The number of rotatable bonds is 5. The number of hydrogen-bond donors (Lipinski definition) is 2. The van der Waals surface area contributed by atoms with E-state index >= 15 is 0 Å². The van der Waals surface area contributed by atoms with E-state index in [2.05, 4.69) is 39.6 Å². The van der Waals surface area contributed by atoms with E-state index in [1.54, 1.807) is 6.33 Å². The molecule has 0 aromatic carbocycles. The van der Waals surface area contributed by atoms with Crippen LogP contribution < -0.4 is 10.6 Å². The molecular weight excluding hydrogens is 252 g/mol. The van der Waals surface area contributed by atoms with Crippen LogP contribution in [0, 0.1) is 5.92 Å². The van der Waals surface area contributed by atoms with Gasteiger partial charge in [0.1, 0.15) is 12.2 Å². The first kappa shape index (κ1) is 14.8. The predicted octanol–water partition coefficient (Wildman–Crippen LogP) is 1.19. The molecule has 0 fully saturated rings. The molecule has 0 spiro atoms. The minimum absolute atomic E-state index is 0.372. The maximum atomic E-state index is 4.32. The summed E-state index contributed by atoms with van der Waals surface area (Å²) in [5, 5.41) is 11.2. The number of fused-ring (bicyclic) bond motifs is 1. The van der Waals surface area contributed by atoms with Crippen molar-refractivity contribution in [2.75, 3.05) is 13.6 Å². The van der Waals surface area contributed by atoms with Gasteiger partial charge in [0.25, 0.3) is 0 Å². The van der Waals surface area contributed by atoms with Gasteiger partial charge in [-0.2, -0.15) is 5.10 Å². The van der Waals surface area contributed by atoms with Crippen LogP contribution in [0.5, 0.6) is 0 Å². The lowest BCUT2D eigenvalue weighted by Crippen LogP contribution is -2.48. The quantitative estimate of drug-likeness (QED) is 0.627. The van der Waals surface area contributed by atoms with Crippen molar-refractivity contribution < 1.29 is 0 Å². The van der Waals surface area contributed by atoms with E-state index in [1.807, 2.05) is 11.7 Å². The summed E-state index contributed by atoms with van der Waals surface area (Å²) in [5.41, 5.74) is 0. The lowest BCUT2D eigenvalue weighted by Gasteiger charge is -2.26. The van der Waals surface area contributed by atoms with Crippen LogP contribution in [-0.2, 0) is 13.0 Å². The van der Waals surface area contributed by atoms with E-state index in [9.17, 15) is 0 Å². The van der Waals surface area contributed by atoms with Crippen molar-refractivity contribution in [3.05, 3.63) is 12.2 Å². The van der Waals surface area contributed by atoms with Crippen LogP contribution in [0.25, 0.3) is 0 Å². The molecule has 1 unspecified atom stereocenters. The Labute approximate surface area is 121 Å². The Hall–Kier alpha value is -1.59. The zero-order valence-electron chi connectivity index (χ0n) is 12.8. The molecule has 1 aromatic rings. The Morgan fingerprint density at radius 3 is 3.00 bits per heavy atom. The average molecular weight is 278 g/mol. The molecule has 0 bridgehead atoms. The molecule has 2 heterocycles. The highest BCUT2D eigenvalue weighted by atomic mass is 15.4. The van der Waals surface area contributed by atoms with Gasteiger partial charge in [0.15, 0.2) is 5.96 Å². The number of nitrogens with zero attached hydrogens (tertiary/aromatic N) is 4. The van der Waals surface area contributed by atoms with Crippen molar-refractivity contribution in [1.29, 1.82) is 0 Å². The maximum absolute atomic E-state index is 4.32. The summed E-state index contributed by atoms with van der Waals surface area (Å²) < 4.78 is 1.98. The fourth-order valence-corrected chi connectivity index (χ4v) is 2.56. The lowest BCUT2D eigenvalue weighted by molar-refractivity contribution is 0.390. The molecule has 6 heteroatoms. The van der Waals surface area contributed by atoms with Gasteiger partial charge in [-0.3, -0.25) is 4.99 Å². The number of nitrogens with one attached hydrogen (secondary N) is 2. The zero-order valence-corrected chi connectivity index (χ0v) is 12.8. The van der Waals surface area contributed by atoms with Gasteiger partial charge in [0.2, 0.25) is 0 Å². The molecule has 1 aromatic heterocycles. The summed E-state index contributed by atoms with van der Waals surface area (Å²) in [7, 11) is 1.83. The highest BCUT2D eigenvalue weighted by Gasteiger charge is 2.20. The third-order valence-corrected chi connectivity index (χ3v) is 4.08. The van der Waals surface area contributed by atoms with Gasteiger partial charge in [-0.25, -0.2) is 9.67 Å². The first-order chi connectivity index (χ1) is 9.76. The van der Waals surface area contributed by atoms with Gasteiger partial charge in [0, 0.05) is 26.1 Å². The maximum Gasteiger partial charge on any atom is 0.191 e. The van der Waals surface area contributed by atoms with Crippen molar-refractivity contribution in [2.24, 2.45) is 10.9 Å². The topological polar surface area (TPSA) is 67.1 Å². The first-order valence-corrected chi connectivity index (χ1v) is 7.60. The van der Waals surface area contributed by atoms with Crippen LogP contribution in [0.2, 0.25) is 0 Å². The standard InChI is InChI=1S/C14H26N6/c1-4-11(5-2)8-16-14(15-3)19-12-6-7-13-17-10-18-20(13)9-12/h10-12H,4-9H2,1-3H3,(H2,15,16,19). The van der Waals surface area contributed by atoms with Gasteiger partial charge in [-0.1, -0.05) is 26.7 Å². The minimum Gasteiger partial charge on any atom is -0.356 e. The highest BCUT2D eigenvalue weighted by molar-refractivity contribution is 5.79. The molecular formula is C14H26N6. The summed E-state index contributed by atoms with van der Waals surface area (Å²) in [6.07, 6.45) is 6.09. The summed E-state index contributed by atoms with van der Waals surface area (Å²) in [6.45, 7) is 6.31. The Bertz CT molecular complexity index is 435. The molecule has 6 nitrogen and oxygen atoms in total. The van der Waals surface area contributed by atoms with Gasteiger partial charge in [-0.15, -0.1) is 0 Å². The van der Waals surface area contributed by atoms with Crippen molar-refractivity contribution in [3.63, 3.8) is 0 Å². The number of hydrogen-bond acceptors (Lipinski definition) is 3. The zero-order chi connectivity index (χ0) is 14.4. The summed E-state index contributed by atoms with van der Waals surface area (Å²) in [4.78, 5) is 8.57. The Balaban J connectivity index is 1.82. The fourth-order valence-electron chi connectivity index (χ4n) is 2.56.